The van der Waals surface area contributed by atoms with Crippen LogP contribution in [0.1, 0.15) is 33.1 Å². The zero-order valence-corrected chi connectivity index (χ0v) is 11.4. The Kier molecular flexibility index (Phi) is 5.30. The molecule has 0 saturated heterocycles. The van der Waals surface area contributed by atoms with Crippen LogP contribution in [0.2, 0.25) is 5.28 Å². The molecule has 1 unspecified atom stereocenters. The highest BCUT2D eigenvalue weighted by Gasteiger charge is 2.19. The number of hydrogen-bond acceptors (Lipinski definition) is 4. The minimum atomic E-state index is -3.54. The second kappa shape index (κ2) is 6.28. The first kappa shape index (κ1) is 14.3. The van der Waals surface area contributed by atoms with Gasteiger partial charge in [-0.1, -0.05) is 20.3 Å². The van der Waals surface area contributed by atoms with Crippen LogP contribution in [0.4, 0.5) is 0 Å². The van der Waals surface area contributed by atoms with Gasteiger partial charge in [-0.25, -0.2) is 23.1 Å². The number of aromatic nitrogens is 2. The van der Waals surface area contributed by atoms with Crippen LogP contribution in [-0.4, -0.2) is 24.4 Å². The fourth-order valence-electron chi connectivity index (χ4n) is 1.42. The van der Waals surface area contributed by atoms with Gasteiger partial charge in [0.15, 0.2) is 0 Å². The molecule has 1 aromatic heterocycles. The maximum Gasteiger partial charge on any atom is 0.243 e. The standard InChI is InChI=1S/C10H16ClN3O2S/c1-3-5-8(4-2)14-17(15,16)9-6-12-10(11)13-7-9/h6-8,14H,3-5H2,1-2H3. The first-order valence-electron chi connectivity index (χ1n) is 5.49. The molecule has 1 heterocycles. The van der Waals surface area contributed by atoms with Crippen molar-refractivity contribution in [2.75, 3.05) is 0 Å². The van der Waals surface area contributed by atoms with Crippen molar-refractivity contribution in [3.05, 3.63) is 17.7 Å². The number of halogens is 1. The van der Waals surface area contributed by atoms with Gasteiger partial charge in [0.25, 0.3) is 0 Å². The van der Waals surface area contributed by atoms with Crippen molar-refractivity contribution in [3.63, 3.8) is 0 Å². The van der Waals surface area contributed by atoms with Gasteiger partial charge in [0.05, 0.1) is 12.4 Å². The lowest BCUT2D eigenvalue weighted by atomic mass is 10.1. The van der Waals surface area contributed by atoms with Gasteiger partial charge in [-0.3, -0.25) is 0 Å². The summed E-state index contributed by atoms with van der Waals surface area (Å²) in [5, 5.41) is 0.0320. The molecule has 17 heavy (non-hydrogen) atoms. The molecular weight excluding hydrogens is 262 g/mol. The summed E-state index contributed by atoms with van der Waals surface area (Å²) in [6, 6.07) is -0.0549. The summed E-state index contributed by atoms with van der Waals surface area (Å²) in [5.74, 6) is 0. The molecule has 1 aromatic rings. The number of rotatable bonds is 6. The van der Waals surface area contributed by atoms with E-state index in [-0.39, 0.29) is 16.2 Å². The molecule has 5 nitrogen and oxygen atoms in total. The third kappa shape index (κ3) is 4.22. The van der Waals surface area contributed by atoms with Crippen LogP contribution in [0.25, 0.3) is 0 Å². The van der Waals surface area contributed by atoms with E-state index in [9.17, 15) is 8.42 Å². The molecule has 0 aliphatic rings. The molecule has 0 saturated carbocycles. The highest BCUT2D eigenvalue weighted by molar-refractivity contribution is 7.89. The molecule has 0 bridgehead atoms. The SMILES string of the molecule is CCCC(CC)NS(=O)(=O)c1cnc(Cl)nc1. The van der Waals surface area contributed by atoms with Crippen LogP contribution in [0.5, 0.6) is 0 Å². The highest BCUT2D eigenvalue weighted by Crippen LogP contribution is 2.11. The lowest BCUT2D eigenvalue weighted by Gasteiger charge is -2.15. The fraction of sp³-hybridized carbons (Fsp3) is 0.600. The second-order valence-electron chi connectivity index (χ2n) is 3.70. The number of nitrogens with one attached hydrogen (secondary N) is 1. The summed E-state index contributed by atoms with van der Waals surface area (Å²) < 4.78 is 26.5. The minimum Gasteiger partial charge on any atom is -0.225 e. The number of sulfonamides is 1. The van der Waals surface area contributed by atoms with Gasteiger partial charge in [-0.05, 0) is 24.4 Å². The Morgan fingerprint density at radius 1 is 1.35 bits per heavy atom. The fourth-order valence-corrected chi connectivity index (χ4v) is 2.76. The van der Waals surface area contributed by atoms with Crippen LogP contribution in [0.3, 0.4) is 0 Å². The summed E-state index contributed by atoms with van der Waals surface area (Å²) >= 11 is 5.51. The van der Waals surface area contributed by atoms with Crippen molar-refractivity contribution < 1.29 is 8.42 Å². The van der Waals surface area contributed by atoms with Gasteiger partial charge in [0.2, 0.25) is 15.3 Å². The van der Waals surface area contributed by atoms with Crippen molar-refractivity contribution in [2.45, 2.75) is 44.0 Å². The Balaban J connectivity index is 2.84. The number of nitrogens with zero attached hydrogens (tertiary/aromatic N) is 2. The van der Waals surface area contributed by atoms with Crippen molar-refractivity contribution in [1.29, 1.82) is 0 Å². The Morgan fingerprint density at radius 3 is 2.41 bits per heavy atom. The van der Waals surface area contributed by atoms with Crippen LogP contribution in [0.15, 0.2) is 17.3 Å². The molecular formula is C10H16ClN3O2S. The quantitative estimate of drug-likeness (QED) is 0.807. The molecule has 0 aliphatic heterocycles. The molecule has 96 valence electrons. The molecule has 0 radical (unpaired) electrons. The van der Waals surface area contributed by atoms with E-state index in [0.717, 1.165) is 19.3 Å². The van der Waals surface area contributed by atoms with Crippen molar-refractivity contribution in [3.8, 4) is 0 Å². The van der Waals surface area contributed by atoms with Crippen molar-refractivity contribution >= 4 is 21.6 Å². The molecule has 0 spiro atoms. The van der Waals surface area contributed by atoms with Gasteiger partial charge < -0.3 is 0 Å². The zero-order chi connectivity index (χ0) is 12.9. The van der Waals surface area contributed by atoms with Crippen molar-refractivity contribution in [2.24, 2.45) is 0 Å². The first-order valence-corrected chi connectivity index (χ1v) is 7.35. The molecule has 0 aromatic carbocycles. The molecule has 0 aliphatic carbocycles. The van der Waals surface area contributed by atoms with E-state index in [0.29, 0.717) is 0 Å². The van der Waals surface area contributed by atoms with Crippen LogP contribution >= 0.6 is 11.6 Å². The monoisotopic (exact) mass is 277 g/mol. The van der Waals surface area contributed by atoms with E-state index in [1.54, 1.807) is 0 Å². The third-order valence-electron chi connectivity index (χ3n) is 2.36. The minimum absolute atomic E-state index is 0.0320. The average Bonchev–Trinajstić information content (AvgIpc) is 2.28. The summed E-state index contributed by atoms with van der Waals surface area (Å²) in [5.41, 5.74) is 0. The molecule has 1 atom stereocenters. The largest absolute Gasteiger partial charge is 0.243 e. The van der Waals surface area contributed by atoms with E-state index in [1.807, 2.05) is 13.8 Å². The predicted molar refractivity (Wildman–Crippen MR) is 66.4 cm³/mol. The molecule has 7 heteroatoms. The Labute approximate surface area is 107 Å². The Bertz CT molecular complexity index is 447. The zero-order valence-electron chi connectivity index (χ0n) is 9.85. The maximum atomic E-state index is 12.0. The predicted octanol–water partition coefficient (Wildman–Crippen LogP) is 1.99. The molecule has 0 fully saturated rings. The van der Waals surface area contributed by atoms with Crippen LogP contribution in [-0.2, 0) is 10.0 Å². The van der Waals surface area contributed by atoms with Gasteiger partial charge in [0, 0.05) is 6.04 Å². The summed E-state index contributed by atoms with van der Waals surface area (Å²) in [6.07, 6.45) is 4.90. The van der Waals surface area contributed by atoms with E-state index < -0.39 is 10.0 Å². The maximum absolute atomic E-state index is 12.0. The van der Waals surface area contributed by atoms with E-state index >= 15 is 0 Å². The van der Waals surface area contributed by atoms with E-state index in [1.165, 1.54) is 12.4 Å². The Morgan fingerprint density at radius 2 is 1.94 bits per heavy atom. The molecule has 0 amide bonds. The van der Waals surface area contributed by atoms with E-state index in [4.69, 9.17) is 11.6 Å². The smallest absolute Gasteiger partial charge is 0.225 e. The topological polar surface area (TPSA) is 72.0 Å². The van der Waals surface area contributed by atoms with Crippen LogP contribution in [0, 0.1) is 0 Å². The third-order valence-corrected chi connectivity index (χ3v) is 4.03. The number of hydrogen-bond donors (Lipinski definition) is 1. The van der Waals surface area contributed by atoms with Crippen LogP contribution < -0.4 is 4.72 Å². The summed E-state index contributed by atoms with van der Waals surface area (Å²) in [7, 11) is -3.54. The summed E-state index contributed by atoms with van der Waals surface area (Å²) in [4.78, 5) is 7.36. The lowest BCUT2D eigenvalue weighted by molar-refractivity contribution is 0.512. The summed E-state index contributed by atoms with van der Waals surface area (Å²) in [6.45, 7) is 3.96. The van der Waals surface area contributed by atoms with E-state index in [2.05, 4.69) is 14.7 Å². The van der Waals surface area contributed by atoms with Gasteiger partial charge in [-0.2, -0.15) is 0 Å². The highest BCUT2D eigenvalue weighted by atomic mass is 35.5. The van der Waals surface area contributed by atoms with Gasteiger partial charge >= 0.3 is 0 Å². The molecule has 1 rings (SSSR count). The first-order chi connectivity index (χ1) is 7.99. The second-order valence-corrected chi connectivity index (χ2v) is 5.75. The Hall–Kier alpha value is -0.720. The lowest BCUT2D eigenvalue weighted by Crippen LogP contribution is -2.34. The molecule has 1 N–H and O–H groups in total. The van der Waals surface area contributed by atoms with Gasteiger partial charge in [0.1, 0.15) is 4.90 Å². The van der Waals surface area contributed by atoms with Gasteiger partial charge in [-0.15, -0.1) is 0 Å². The normalized spacial score (nSPS) is 13.6. The average molecular weight is 278 g/mol. The van der Waals surface area contributed by atoms with Crippen molar-refractivity contribution in [1.82, 2.24) is 14.7 Å².